The number of hydrogen-bond donors (Lipinski definition) is 0. The van der Waals surface area contributed by atoms with Crippen LogP contribution in [0.2, 0.25) is 0 Å². The van der Waals surface area contributed by atoms with Crippen LogP contribution >= 0.6 is 0 Å². The fourth-order valence-corrected chi connectivity index (χ4v) is 4.98. The summed E-state index contributed by atoms with van der Waals surface area (Å²) in [5.74, 6) is -1.23. The van der Waals surface area contributed by atoms with Gasteiger partial charge in [0, 0.05) is 30.3 Å². The Labute approximate surface area is 229 Å². The molecule has 0 radical (unpaired) electrons. The highest BCUT2D eigenvalue weighted by Crippen LogP contribution is 2.41. The van der Waals surface area contributed by atoms with Gasteiger partial charge in [0.25, 0.3) is 0 Å². The van der Waals surface area contributed by atoms with E-state index in [4.69, 9.17) is 19.3 Å². The molecule has 0 bridgehead atoms. The van der Waals surface area contributed by atoms with Crippen LogP contribution in [0.15, 0.2) is 66.9 Å². The summed E-state index contributed by atoms with van der Waals surface area (Å²) in [5, 5.41) is 5.13. The van der Waals surface area contributed by atoms with Crippen LogP contribution in [0.3, 0.4) is 0 Å². The second kappa shape index (κ2) is 11.3. The van der Waals surface area contributed by atoms with Gasteiger partial charge in [-0.05, 0) is 68.8 Å². The molecule has 2 aromatic carbocycles. The number of pyridine rings is 1. The van der Waals surface area contributed by atoms with Crippen molar-refractivity contribution in [2.45, 2.75) is 25.7 Å². The van der Waals surface area contributed by atoms with Gasteiger partial charge in [0.05, 0.1) is 23.9 Å². The standard InChI is InChI=1S/C30H27FN4O5/c31-21-10-8-20(9-11-21)28-27-29-24(39-25(36)12-13-26(37)40-29)19-32-30(27)35(33-28)22-6-4-7-23(18-22)38-17-5-16-34-14-2-1-3-15-34/h4,6-13,18-19H,1-3,5,14-17H2/b13-12+. The number of likely N-dealkylation sites (tertiary alicyclic amines) is 1. The molecule has 0 N–H and O–H groups in total. The lowest BCUT2D eigenvalue weighted by Crippen LogP contribution is -2.31. The maximum absolute atomic E-state index is 13.7. The number of hydrogen-bond acceptors (Lipinski definition) is 8. The van der Waals surface area contributed by atoms with E-state index in [-0.39, 0.29) is 11.5 Å². The summed E-state index contributed by atoms with van der Waals surface area (Å²) in [6.07, 6.45) is 8.05. The fourth-order valence-electron chi connectivity index (χ4n) is 4.98. The van der Waals surface area contributed by atoms with Gasteiger partial charge in [-0.2, -0.15) is 5.10 Å². The summed E-state index contributed by atoms with van der Waals surface area (Å²) in [5.41, 5.74) is 1.95. The molecule has 2 aliphatic rings. The van der Waals surface area contributed by atoms with Gasteiger partial charge >= 0.3 is 11.9 Å². The van der Waals surface area contributed by atoms with E-state index < -0.39 is 17.8 Å². The molecule has 0 amide bonds. The number of piperidine rings is 1. The van der Waals surface area contributed by atoms with Gasteiger partial charge in [-0.25, -0.2) is 23.6 Å². The number of ether oxygens (including phenoxy) is 3. The van der Waals surface area contributed by atoms with Gasteiger partial charge in [0.1, 0.15) is 17.3 Å². The van der Waals surface area contributed by atoms with Crippen molar-refractivity contribution in [2.75, 3.05) is 26.2 Å². The minimum atomic E-state index is -0.747. The van der Waals surface area contributed by atoms with Crippen LogP contribution in [0, 0.1) is 5.82 Å². The van der Waals surface area contributed by atoms with Gasteiger partial charge in [-0.1, -0.05) is 12.5 Å². The molecule has 10 heteroatoms. The number of carbonyl (C=O) groups is 2. The third-order valence-electron chi connectivity index (χ3n) is 6.90. The SMILES string of the molecule is O=C1/C=C/C(=O)Oc2c(cnc3c2c(-c2ccc(F)cc2)nn3-c2cccc(OCCCN3CCCCC3)c2)O1. The average Bonchev–Trinajstić information content (AvgIpc) is 3.36. The number of rotatable bonds is 7. The van der Waals surface area contributed by atoms with Crippen molar-refractivity contribution in [3.05, 3.63) is 72.7 Å². The van der Waals surface area contributed by atoms with Crippen LogP contribution in [0.5, 0.6) is 17.2 Å². The summed E-state index contributed by atoms with van der Waals surface area (Å²) < 4.78 is 32.3. The summed E-state index contributed by atoms with van der Waals surface area (Å²) in [6.45, 7) is 3.90. The van der Waals surface area contributed by atoms with Crippen LogP contribution in [0.1, 0.15) is 25.7 Å². The predicted octanol–water partition coefficient (Wildman–Crippen LogP) is 4.86. The van der Waals surface area contributed by atoms with Crippen molar-refractivity contribution >= 4 is 23.0 Å². The largest absolute Gasteiger partial charge is 0.493 e. The minimum absolute atomic E-state index is 0.00314. The van der Waals surface area contributed by atoms with Gasteiger partial charge < -0.3 is 19.1 Å². The molecule has 0 unspecified atom stereocenters. The molecule has 0 saturated carbocycles. The van der Waals surface area contributed by atoms with E-state index in [9.17, 15) is 14.0 Å². The predicted molar refractivity (Wildman–Crippen MR) is 145 cm³/mol. The second-order valence-electron chi connectivity index (χ2n) is 9.69. The molecule has 0 spiro atoms. The van der Waals surface area contributed by atoms with Crippen molar-refractivity contribution in [3.63, 3.8) is 0 Å². The first-order valence-electron chi connectivity index (χ1n) is 13.3. The number of aromatic nitrogens is 3. The number of carbonyl (C=O) groups excluding carboxylic acids is 2. The Morgan fingerprint density at radius 3 is 2.52 bits per heavy atom. The topological polar surface area (TPSA) is 95.8 Å². The fraction of sp³-hybridized carbons (Fsp3) is 0.267. The molecule has 2 aromatic heterocycles. The monoisotopic (exact) mass is 542 g/mol. The van der Waals surface area contributed by atoms with E-state index in [1.54, 1.807) is 16.8 Å². The molecule has 204 valence electrons. The van der Waals surface area contributed by atoms with E-state index in [0.717, 1.165) is 38.2 Å². The van der Waals surface area contributed by atoms with Crippen molar-refractivity contribution in [3.8, 4) is 34.2 Å². The Morgan fingerprint density at radius 1 is 0.950 bits per heavy atom. The number of benzene rings is 2. The lowest BCUT2D eigenvalue weighted by molar-refractivity contribution is -0.133. The molecular formula is C30H27FN4O5. The zero-order chi connectivity index (χ0) is 27.5. The molecule has 4 heterocycles. The second-order valence-corrected chi connectivity index (χ2v) is 9.69. The lowest BCUT2D eigenvalue weighted by atomic mass is 10.1. The highest BCUT2D eigenvalue weighted by Gasteiger charge is 2.26. The van der Waals surface area contributed by atoms with Crippen molar-refractivity contribution < 1.29 is 28.2 Å². The van der Waals surface area contributed by atoms with Crippen LogP contribution < -0.4 is 14.2 Å². The van der Waals surface area contributed by atoms with Gasteiger partial charge in [0.15, 0.2) is 17.1 Å². The molecule has 4 aromatic rings. The van der Waals surface area contributed by atoms with Crippen LogP contribution in [-0.2, 0) is 9.59 Å². The molecule has 6 rings (SSSR count). The molecule has 1 saturated heterocycles. The summed E-state index contributed by atoms with van der Waals surface area (Å²) in [7, 11) is 0. The molecule has 0 aliphatic carbocycles. The molecule has 9 nitrogen and oxygen atoms in total. The highest BCUT2D eigenvalue weighted by molar-refractivity contribution is 6.03. The van der Waals surface area contributed by atoms with Crippen molar-refractivity contribution in [2.24, 2.45) is 0 Å². The summed E-state index contributed by atoms with van der Waals surface area (Å²) >= 11 is 0. The van der Waals surface area contributed by atoms with E-state index in [1.807, 2.05) is 24.3 Å². The zero-order valence-electron chi connectivity index (χ0n) is 21.7. The summed E-state index contributed by atoms with van der Waals surface area (Å²) in [4.78, 5) is 31.5. The first-order chi connectivity index (χ1) is 19.5. The van der Waals surface area contributed by atoms with Crippen LogP contribution in [0.25, 0.3) is 28.0 Å². The van der Waals surface area contributed by atoms with E-state index in [1.165, 1.54) is 37.6 Å². The Bertz CT molecular complexity index is 1590. The van der Waals surface area contributed by atoms with Gasteiger partial charge in [-0.15, -0.1) is 0 Å². The first kappa shape index (κ1) is 25.7. The highest BCUT2D eigenvalue weighted by atomic mass is 19.1. The van der Waals surface area contributed by atoms with E-state index in [2.05, 4.69) is 9.88 Å². The molecule has 1 fully saturated rings. The molecular weight excluding hydrogens is 515 g/mol. The normalized spacial score (nSPS) is 16.5. The number of halogens is 1. The van der Waals surface area contributed by atoms with Crippen molar-refractivity contribution in [1.29, 1.82) is 0 Å². The zero-order valence-corrected chi connectivity index (χ0v) is 21.7. The minimum Gasteiger partial charge on any atom is -0.493 e. The molecule has 0 atom stereocenters. The Hall–Kier alpha value is -4.57. The first-order valence-corrected chi connectivity index (χ1v) is 13.3. The maximum atomic E-state index is 13.7. The van der Waals surface area contributed by atoms with E-state index >= 15 is 0 Å². The Kier molecular flexibility index (Phi) is 7.24. The summed E-state index contributed by atoms with van der Waals surface area (Å²) in [6, 6.07) is 13.2. The van der Waals surface area contributed by atoms with Gasteiger partial charge in [0.2, 0.25) is 0 Å². The Balaban J connectivity index is 1.36. The molecule has 40 heavy (non-hydrogen) atoms. The number of esters is 2. The lowest BCUT2D eigenvalue weighted by Gasteiger charge is -2.26. The van der Waals surface area contributed by atoms with Crippen LogP contribution in [0.4, 0.5) is 4.39 Å². The van der Waals surface area contributed by atoms with Gasteiger partial charge in [-0.3, -0.25) is 0 Å². The third kappa shape index (κ3) is 5.43. The van der Waals surface area contributed by atoms with E-state index in [0.29, 0.717) is 40.3 Å². The smallest absolute Gasteiger partial charge is 0.336 e. The quantitative estimate of drug-likeness (QED) is 0.241. The number of nitrogens with zero attached hydrogens (tertiary/aromatic N) is 4. The average molecular weight is 543 g/mol. The Morgan fingerprint density at radius 2 is 1.73 bits per heavy atom. The van der Waals surface area contributed by atoms with Crippen LogP contribution in [-0.4, -0.2) is 57.8 Å². The number of fused-ring (bicyclic) bond motifs is 3. The maximum Gasteiger partial charge on any atom is 0.336 e. The third-order valence-corrected chi connectivity index (χ3v) is 6.90. The molecule has 2 aliphatic heterocycles. The van der Waals surface area contributed by atoms with Crippen molar-refractivity contribution in [1.82, 2.24) is 19.7 Å².